The van der Waals surface area contributed by atoms with E-state index in [4.69, 9.17) is 9.47 Å². The summed E-state index contributed by atoms with van der Waals surface area (Å²) >= 11 is 0. The molecule has 0 aliphatic carbocycles. The van der Waals surface area contributed by atoms with E-state index in [1.807, 2.05) is 0 Å². The molecular formula is C23H27F3O2. The Balaban J connectivity index is 1.79. The first-order chi connectivity index (χ1) is 13.5. The van der Waals surface area contributed by atoms with E-state index in [2.05, 4.69) is 6.92 Å². The van der Waals surface area contributed by atoms with Crippen molar-refractivity contribution in [3.05, 3.63) is 58.9 Å². The van der Waals surface area contributed by atoms with Crippen molar-refractivity contribution in [2.75, 3.05) is 13.7 Å². The van der Waals surface area contributed by atoms with Crippen molar-refractivity contribution in [2.45, 2.75) is 57.7 Å². The van der Waals surface area contributed by atoms with Crippen LogP contribution in [-0.4, -0.2) is 20.0 Å². The second-order valence-electron chi connectivity index (χ2n) is 7.37. The van der Waals surface area contributed by atoms with Crippen molar-refractivity contribution in [3.8, 4) is 11.1 Å². The largest absolute Gasteiger partial charge is 0.356 e. The third kappa shape index (κ3) is 4.58. The van der Waals surface area contributed by atoms with Crippen LogP contribution in [0.5, 0.6) is 0 Å². The van der Waals surface area contributed by atoms with Gasteiger partial charge in [-0.1, -0.05) is 44.0 Å². The number of rotatable bonds is 7. The molecule has 152 valence electrons. The fourth-order valence-electron chi connectivity index (χ4n) is 3.76. The summed E-state index contributed by atoms with van der Waals surface area (Å²) in [5, 5.41) is 0. The smallest absolute Gasteiger partial charge is 0.166 e. The van der Waals surface area contributed by atoms with Crippen LogP contribution in [-0.2, 0) is 15.9 Å². The highest BCUT2D eigenvalue weighted by Gasteiger charge is 2.25. The maximum atomic E-state index is 14.7. The third-order valence-corrected chi connectivity index (χ3v) is 5.46. The predicted molar refractivity (Wildman–Crippen MR) is 104 cm³/mol. The maximum absolute atomic E-state index is 14.7. The SMILES string of the molecule is CCCCCc1ccc(-c2ccc(C3CCC(OC)OC3)c(F)c2)c(F)c1F. The second kappa shape index (κ2) is 9.57. The molecule has 0 N–H and O–H groups in total. The van der Waals surface area contributed by atoms with Gasteiger partial charge in [0, 0.05) is 18.6 Å². The van der Waals surface area contributed by atoms with Crippen LogP contribution in [0.3, 0.4) is 0 Å². The molecule has 1 heterocycles. The molecule has 0 saturated carbocycles. The van der Waals surface area contributed by atoms with Gasteiger partial charge in [0.1, 0.15) is 5.82 Å². The van der Waals surface area contributed by atoms with Gasteiger partial charge in [-0.2, -0.15) is 0 Å². The summed E-state index contributed by atoms with van der Waals surface area (Å²) < 4.78 is 54.4. The lowest BCUT2D eigenvalue weighted by atomic mass is 9.90. The lowest BCUT2D eigenvalue weighted by Gasteiger charge is -2.28. The van der Waals surface area contributed by atoms with Gasteiger partial charge in [-0.15, -0.1) is 0 Å². The van der Waals surface area contributed by atoms with Crippen molar-refractivity contribution in [1.82, 2.24) is 0 Å². The monoisotopic (exact) mass is 392 g/mol. The zero-order valence-electron chi connectivity index (χ0n) is 16.4. The Morgan fingerprint density at radius 1 is 1.04 bits per heavy atom. The average Bonchev–Trinajstić information content (AvgIpc) is 2.71. The fraction of sp³-hybridized carbons (Fsp3) is 0.478. The van der Waals surface area contributed by atoms with Gasteiger partial charge in [0.25, 0.3) is 0 Å². The first kappa shape index (κ1) is 20.9. The van der Waals surface area contributed by atoms with Crippen LogP contribution in [0.4, 0.5) is 13.2 Å². The molecule has 2 aromatic rings. The minimum absolute atomic E-state index is 0.0667. The van der Waals surface area contributed by atoms with E-state index in [0.717, 1.165) is 25.7 Å². The van der Waals surface area contributed by atoms with E-state index in [0.29, 0.717) is 36.1 Å². The maximum Gasteiger partial charge on any atom is 0.166 e. The van der Waals surface area contributed by atoms with Crippen LogP contribution in [0.15, 0.2) is 30.3 Å². The summed E-state index contributed by atoms with van der Waals surface area (Å²) in [6.45, 7) is 2.44. The number of unbranched alkanes of at least 4 members (excludes halogenated alkanes) is 2. The molecule has 1 saturated heterocycles. The number of hydrogen-bond donors (Lipinski definition) is 0. The normalized spacial score (nSPS) is 19.8. The molecule has 0 amide bonds. The van der Waals surface area contributed by atoms with Crippen molar-refractivity contribution < 1.29 is 22.6 Å². The molecule has 5 heteroatoms. The second-order valence-corrected chi connectivity index (χ2v) is 7.37. The Hall–Kier alpha value is -1.85. The minimum atomic E-state index is -0.912. The average molecular weight is 392 g/mol. The Morgan fingerprint density at radius 3 is 2.50 bits per heavy atom. The lowest BCUT2D eigenvalue weighted by molar-refractivity contribution is -0.151. The lowest BCUT2D eigenvalue weighted by Crippen LogP contribution is -2.26. The van der Waals surface area contributed by atoms with E-state index in [1.165, 1.54) is 6.07 Å². The summed E-state index contributed by atoms with van der Waals surface area (Å²) in [6.07, 6.45) is 4.53. The van der Waals surface area contributed by atoms with Crippen LogP contribution in [0.1, 0.15) is 56.1 Å². The highest BCUT2D eigenvalue weighted by Crippen LogP contribution is 2.33. The molecule has 2 aromatic carbocycles. The van der Waals surface area contributed by atoms with Gasteiger partial charge >= 0.3 is 0 Å². The highest BCUT2D eigenvalue weighted by atomic mass is 19.2. The summed E-state index contributed by atoms with van der Waals surface area (Å²) in [7, 11) is 1.59. The molecule has 1 aliphatic heterocycles. The van der Waals surface area contributed by atoms with Gasteiger partial charge in [0.2, 0.25) is 0 Å². The van der Waals surface area contributed by atoms with Crippen molar-refractivity contribution in [3.63, 3.8) is 0 Å². The van der Waals surface area contributed by atoms with E-state index in [1.54, 1.807) is 31.4 Å². The molecule has 0 spiro atoms. The van der Waals surface area contributed by atoms with Crippen molar-refractivity contribution >= 4 is 0 Å². The molecule has 1 fully saturated rings. The number of aryl methyl sites for hydroxylation is 1. The summed E-state index contributed by atoms with van der Waals surface area (Å²) in [6, 6.07) is 7.73. The van der Waals surface area contributed by atoms with Crippen LogP contribution in [0.2, 0.25) is 0 Å². The molecular weight excluding hydrogens is 365 g/mol. The van der Waals surface area contributed by atoms with Gasteiger partial charge in [-0.05, 0) is 48.4 Å². The van der Waals surface area contributed by atoms with Crippen LogP contribution < -0.4 is 0 Å². The van der Waals surface area contributed by atoms with E-state index >= 15 is 0 Å². The molecule has 2 unspecified atom stereocenters. The number of halogens is 3. The number of hydrogen-bond acceptors (Lipinski definition) is 2. The van der Waals surface area contributed by atoms with Gasteiger partial charge in [-0.3, -0.25) is 0 Å². The summed E-state index contributed by atoms with van der Waals surface area (Å²) in [4.78, 5) is 0. The fourth-order valence-corrected chi connectivity index (χ4v) is 3.76. The Kier molecular flexibility index (Phi) is 7.13. The Bertz CT molecular complexity index is 799. The van der Waals surface area contributed by atoms with E-state index in [-0.39, 0.29) is 17.8 Å². The van der Waals surface area contributed by atoms with Crippen LogP contribution >= 0.6 is 0 Å². The van der Waals surface area contributed by atoms with Gasteiger partial charge < -0.3 is 9.47 Å². The van der Waals surface area contributed by atoms with Crippen molar-refractivity contribution in [1.29, 1.82) is 0 Å². The van der Waals surface area contributed by atoms with E-state index < -0.39 is 17.5 Å². The molecule has 3 rings (SSSR count). The van der Waals surface area contributed by atoms with Gasteiger partial charge in [-0.25, -0.2) is 13.2 Å². The quantitative estimate of drug-likeness (QED) is 0.510. The molecule has 2 atom stereocenters. The molecule has 0 aromatic heterocycles. The van der Waals surface area contributed by atoms with Gasteiger partial charge in [0.05, 0.1) is 6.61 Å². The molecule has 0 bridgehead atoms. The summed E-state index contributed by atoms with van der Waals surface area (Å²) in [5.74, 6) is -2.23. The van der Waals surface area contributed by atoms with Crippen LogP contribution in [0, 0.1) is 17.5 Å². The Labute approximate surface area is 164 Å². The van der Waals surface area contributed by atoms with Crippen LogP contribution in [0.25, 0.3) is 11.1 Å². The summed E-state index contributed by atoms with van der Waals surface area (Å²) in [5.41, 5.74) is 1.33. The minimum Gasteiger partial charge on any atom is -0.356 e. The molecule has 28 heavy (non-hydrogen) atoms. The topological polar surface area (TPSA) is 18.5 Å². The number of benzene rings is 2. The highest BCUT2D eigenvalue weighted by molar-refractivity contribution is 5.65. The van der Waals surface area contributed by atoms with Gasteiger partial charge in [0.15, 0.2) is 17.9 Å². The molecule has 0 radical (unpaired) electrons. The standard InChI is InChI=1S/C23H27F3O2/c1-3-4-5-6-15-7-11-19(23(26)22(15)25)16-8-10-18(20(24)13-16)17-9-12-21(27-2)28-14-17/h7-8,10-11,13,17,21H,3-6,9,12,14H2,1-2H3. The number of methoxy groups -OCH3 is 1. The molecule has 2 nitrogen and oxygen atoms in total. The number of ether oxygens (including phenoxy) is 2. The first-order valence-corrected chi connectivity index (χ1v) is 9.96. The zero-order chi connectivity index (χ0) is 20.1. The first-order valence-electron chi connectivity index (χ1n) is 9.96. The Morgan fingerprint density at radius 2 is 1.86 bits per heavy atom. The third-order valence-electron chi connectivity index (χ3n) is 5.46. The predicted octanol–water partition coefficient (Wildman–Crippen LogP) is 6.37. The van der Waals surface area contributed by atoms with E-state index in [9.17, 15) is 13.2 Å². The zero-order valence-corrected chi connectivity index (χ0v) is 16.4. The molecule has 1 aliphatic rings. The van der Waals surface area contributed by atoms with Crippen molar-refractivity contribution in [2.24, 2.45) is 0 Å².